The molecular weight excluding hydrogens is 240 g/mol. The number of hydrogen-bond acceptors (Lipinski definition) is 2. The highest BCUT2D eigenvalue weighted by Gasteiger charge is 2.39. The summed E-state index contributed by atoms with van der Waals surface area (Å²) in [6, 6.07) is 0. The molecule has 0 amide bonds. The fourth-order valence-electron chi connectivity index (χ4n) is 1.57. The van der Waals surface area contributed by atoms with Crippen LogP contribution in [-0.2, 0) is 4.43 Å². The topological polar surface area (TPSA) is 29.5 Å². The molecule has 18 heavy (non-hydrogen) atoms. The van der Waals surface area contributed by atoms with Gasteiger partial charge in [0.2, 0.25) is 0 Å². The van der Waals surface area contributed by atoms with Crippen molar-refractivity contribution >= 4 is 8.32 Å². The summed E-state index contributed by atoms with van der Waals surface area (Å²) in [7, 11) is -1.76. The zero-order valence-corrected chi connectivity index (χ0v) is 13.9. The van der Waals surface area contributed by atoms with E-state index in [1.54, 1.807) is 0 Å². The lowest BCUT2D eigenvalue weighted by atomic mass is 10.1. The van der Waals surface area contributed by atoms with E-state index >= 15 is 0 Å². The van der Waals surface area contributed by atoms with Gasteiger partial charge in [0, 0.05) is 6.10 Å². The summed E-state index contributed by atoms with van der Waals surface area (Å²) >= 11 is 0. The first-order valence-electron chi connectivity index (χ1n) is 6.80. The number of rotatable bonds is 7. The lowest BCUT2D eigenvalue weighted by molar-refractivity contribution is 0.0919. The predicted molar refractivity (Wildman–Crippen MR) is 81.3 cm³/mol. The molecule has 0 aliphatic heterocycles. The van der Waals surface area contributed by atoms with Crippen molar-refractivity contribution in [1.82, 2.24) is 0 Å². The summed E-state index contributed by atoms with van der Waals surface area (Å²) in [5, 5.41) is 9.78. The van der Waals surface area contributed by atoms with E-state index in [-0.39, 0.29) is 17.2 Å². The number of aliphatic hydroxyl groups excluding tert-OH is 1. The van der Waals surface area contributed by atoms with Crippen molar-refractivity contribution in [2.45, 2.75) is 77.3 Å². The third kappa shape index (κ3) is 6.55. The van der Waals surface area contributed by atoms with Crippen LogP contribution in [0.1, 0.15) is 47.0 Å². The summed E-state index contributed by atoms with van der Waals surface area (Å²) < 4.78 is 6.37. The van der Waals surface area contributed by atoms with Gasteiger partial charge in [-0.3, -0.25) is 0 Å². The molecular formula is C15H30O2Si. The minimum atomic E-state index is -1.76. The fourth-order valence-corrected chi connectivity index (χ4v) is 2.97. The van der Waals surface area contributed by atoms with Crippen molar-refractivity contribution in [1.29, 1.82) is 0 Å². The molecule has 0 fully saturated rings. The van der Waals surface area contributed by atoms with Crippen LogP contribution in [0.5, 0.6) is 0 Å². The van der Waals surface area contributed by atoms with E-state index in [1.165, 1.54) is 0 Å². The van der Waals surface area contributed by atoms with Crippen molar-refractivity contribution in [3.63, 3.8) is 0 Å². The van der Waals surface area contributed by atoms with Gasteiger partial charge in [-0.25, -0.2) is 0 Å². The van der Waals surface area contributed by atoms with Crippen LogP contribution in [0, 0.1) is 0 Å². The summed E-state index contributed by atoms with van der Waals surface area (Å²) in [6.45, 7) is 16.6. The van der Waals surface area contributed by atoms with Gasteiger partial charge in [-0.15, -0.1) is 5.73 Å². The molecule has 3 heteroatoms. The minimum absolute atomic E-state index is 0.135. The van der Waals surface area contributed by atoms with Gasteiger partial charge in [0.25, 0.3) is 0 Å². The molecule has 0 bridgehead atoms. The second kappa shape index (κ2) is 7.30. The molecule has 2 unspecified atom stereocenters. The highest BCUT2D eigenvalue weighted by Crippen LogP contribution is 2.38. The van der Waals surface area contributed by atoms with Crippen LogP contribution >= 0.6 is 0 Å². The SMILES string of the molecule is C=C=CCCC(CC(C)O)O[Si](C)(C)C(C)(C)C. The Bertz CT molecular complexity index is 283. The number of hydrogen-bond donors (Lipinski definition) is 1. The van der Waals surface area contributed by atoms with Crippen molar-refractivity contribution in [2.24, 2.45) is 0 Å². The first-order valence-corrected chi connectivity index (χ1v) is 9.71. The molecule has 0 heterocycles. The highest BCUT2D eigenvalue weighted by molar-refractivity contribution is 6.74. The Kier molecular flexibility index (Phi) is 7.16. The van der Waals surface area contributed by atoms with E-state index in [1.807, 2.05) is 13.0 Å². The van der Waals surface area contributed by atoms with Crippen molar-refractivity contribution in [3.8, 4) is 0 Å². The van der Waals surface area contributed by atoms with Gasteiger partial charge in [-0.2, -0.15) is 0 Å². The molecule has 2 nitrogen and oxygen atoms in total. The Hall–Kier alpha value is -0.343. The summed E-state index contributed by atoms with van der Waals surface area (Å²) in [4.78, 5) is 0. The van der Waals surface area contributed by atoms with E-state index in [9.17, 15) is 5.11 Å². The number of aliphatic hydroxyl groups is 1. The lowest BCUT2D eigenvalue weighted by Crippen LogP contribution is -2.44. The minimum Gasteiger partial charge on any atom is -0.414 e. The van der Waals surface area contributed by atoms with Gasteiger partial charge in [-0.1, -0.05) is 27.4 Å². The largest absolute Gasteiger partial charge is 0.414 e. The van der Waals surface area contributed by atoms with Gasteiger partial charge in [0.15, 0.2) is 8.32 Å². The third-order valence-corrected chi connectivity index (χ3v) is 8.18. The molecule has 0 aromatic carbocycles. The molecule has 0 spiro atoms. The van der Waals surface area contributed by atoms with Crippen molar-refractivity contribution < 1.29 is 9.53 Å². The van der Waals surface area contributed by atoms with Gasteiger partial charge < -0.3 is 9.53 Å². The van der Waals surface area contributed by atoms with Crippen molar-refractivity contribution in [3.05, 3.63) is 18.4 Å². The fraction of sp³-hybridized carbons (Fsp3) is 0.800. The Morgan fingerprint density at radius 1 is 1.39 bits per heavy atom. The van der Waals surface area contributed by atoms with Gasteiger partial charge in [0.1, 0.15) is 0 Å². The smallest absolute Gasteiger partial charge is 0.192 e. The van der Waals surface area contributed by atoms with Gasteiger partial charge in [-0.05, 0) is 50.4 Å². The van der Waals surface area contributed by atoms with Crippen LogP contribution in [0.15, 0.2) is 18.4 Å². The summed E-state index contributed by atoms with van der Waals surface area (Å²) in [5.74, 6) is 0. The summed E-state index contributed by atoms with van der Waals surface area (Å²) in [5.41, 5.74) is 2.79. The van der Waals surface area contributed by atoms with Gasteiger partial charge in [0.05, 0.1) is 6.10 Å². The Balaban J connectivity index is 4.61. The average Bonchev–Trinajstić information content (AvgIpc) is 2.14. The van der Waals surface area contributed by atoms with E-state index in [0.29, 0.717) is 6.42 Å². The second-order valence-electron chi connectivity index (χ2n) is 6.57. The Morgan fingerprint density at radius 2 is 1.94 bits per heavy atom. The molecule has 0 rings (SSSR count). The Morgan fingerprint density at radius 3 is 2.33 bits per heavy atom. The first kappa shape index (κ1) is 17.7. The molecule has 0 aliphatic carbocycles. The maximum Gasteiger partial charge on any atom is 0.192 e. The average molecular weight is 270 g/mol. The highest BCUT2D eigenvalue weighted by atomic mass is 28.4. The molecule has 0 saturated heterocycles. The molecule has 0 radical (unpaired) electrons. The normalized spacial score (nSPS) is 15.9. The first-order chi connectivity index (χ1) is 8.10. The van der Waals surface area contributed by atoms with Crippen molar-refractivity contribution in [2.75, 3.05) is 0 Å². The van der Waals surface area contributed by atoms with E-state index < -0.39 is 8.32 Å². The Labute approximate surface area is 114 Å². The van der Waals surface area contributed by atoms with E-state index in [0.717, 1.165) is 12.8 Å². The molecule has 0 aromatic heterocycles. The monoisotopic (exact) mass is 270 g/mol. The van der Waals surface area contributed by atoms with Crippen LogP contribution in [0.2, 0.25) is 18.1 Å². The molecule has 2 atom stereocenters. The summed E-state index contributed by atoms with van der Waals surface area (Å²) in [6.07, 6.45) is 4.31. The standard InChI is InChI=1S/C15H30O2Si/c1-8-9-10-11-14(12-13(2)16)17-18(6,7)15(3,4)5/h9,13-14,16H,1,10-12H2,2-7H3. The van der Waals surface area contributed by atoms with Crippen LogP contribution in [0.4, 0.5) is 0 Å². The van der Waals surface area contributed by atoms with Gasteiger partial charge >= 0.3 is 0 Å². The lowest BCUT2D eigenvalue weighted by Gasteiger charge is -2.39. The predicted octanol–water partition coefficient (Wildman–Crippen LogP) is 4.27. The molecule has 0 aromatic rings. The van der Waals surface area contributed by atoms with E-state index in [4.69, 9.17) is 4.43 Å². The van der Waals surface area contributed by atoms with Crippen LogP contribution in [-0.4, -0.2) is 25.6 Å². The molecule has 0 aliphatic rings. The maximum absolute atomic E-state index is 9.58. The van der Waals surface area contributed by atoms with Crippen LogP contribution in [0.25, 0.3) is 0 Å². The van der Waals surface area contributed by atoms with Crippen LogP contribution in [0.3, 0.4) is 0 Å². The molecule has 0 saturated carbocycles. The quantitative estimate of drug-likeness (QED) is 0.553. The molecule has 106 valence electrons. The van der Waals surface area contributed by atoms with Crippen LogP contribution < -0.4 is 0 Å². The number of allylic oxidation sites excluding steroid dienone is 1. The molecule has 1 N–H and O–H groups in total. The zero-order chi connectivity index (χ0) is 14.4. The third-order valence-electron chi connectivity index (χ3n) is 3.65. The maximum atomic E-state index is 9.58. The second-order valence-corrected chi connectivity index (χ2v) is 11.3. The van der Waals surface area contributed by atoms with E-state index in [2.05, 4.69) is 46.2 Å². The zero-order valence-electron chi connectivity index (χ0n) is 12.9.